The average Bonchev–Trinajstić information content (AvgIpc) is 3.37. The lowest BCUT2D eigenvalue weighted by molar-refractivity contribution is -0.119. The predicted molar refractivity (Wildman–Crippen MR) is 145 cm³/mol. The van der Waals surface area contributed by atoms with Gasteiger partial charge in [0.25, 0.3) is 11.8 Å². The van der Waals surface area contributed by atoms with E-state index in [-0.39, 0.29) is 23.8 Å². The van der Waals surface area contributed by atoms with Gasteiger partial charge >= 0.3 is 0 Å². The van der Waals surface area contributed by atoms with Crippen LogP contribution in [0.3, 0.4) is 0 Å². The molecule has 4 aromatic rings. The second-order valence-electron chi connectivity index (χ2n) is 10.5. The van der Waals surface area contributed by atoms with Crippen molar-refractivity contribution < 1.29 is 9.59 Å². The van der Waals surface area contributed by atoms with Gasteiger partial charge in [0, 0.05) is 59.5 Å². The Morgan fingerprint density at radius 3 is 2.53 bits per heavy atom. The Balaban J connectivity index is 1.57. The molecule has 2 aliphatic heterocycles. The number of rotatable bonds is 4. The van der Waals surface area contributed by atoms with Crippen molar-refractivity contribution in [1.82, 2.24) is 9.13 Å². The lowest BCUT2D eigenvalue weighted by Gasteiger charge is -2.21. The molecule has 2 N–H and O–H groups in total. The molecule has 6 heteroatoms. The van der Waals surface area contributed by atoms with E-state index in [9.17, 15) is 9.59 Å². The molecule has 2 aromatic carbocycles. The van der Waals surface area contributed by atoms with Gasteiger partial charge in [0.1, 0.15) is 0 Å². The monoisotopic (exact) mass is 480 g/mol. The minimum absolute atomic E-state index is 0.197. The van der Waals surface area contributed by atoms with Crippen LogP contribution in [0.25, 0.3) is 27.4 Å². The van der Waals surface area contributed by atoms with E-state index >= 15 is 0 Å². The molecule has 2 aliphatic rings. The highest BCUT2D eigenvalue weighted by atomic mass is 16.2. The van der Waals surface area contributed by atoms with Crippen LogP contribution in [0, 0.1) is 5.92 Å². The van der Waals surface area contributed by atoms with Gasteiger partial charge in [-0.25, -0.2) is 4.90 Å². The van der Waals surface area contributed by atoms with Crippen molar-refractivity contribution in [2.45, 2.75) is 52.1 Å². The third-order valence-corrected chi connectivity index (χ3v) is 7.91. The van der Waals surface area contributed by atoms with Crippen LogP contribution < -0.4 is 10.6 Å². The molecule has 0 saturated heterocycles. The summed E-state index contributed by atoms with van der Waals surface area (Å²) in [7, 11) is 1.96. The second-order valence-corrected chi connectivity index (χ2v) is 10.5. The lowest BCUT2D eigenvalue weighted by Crippen LogP contribution is -2.32. The standard InChI is InChI=1S/C30H32N4O2/c1-18(2)28(31)20-11-9-14-24-27(20)29(25-13-5-4-8-15-33(24)25)34-26(35)16-21(30(34)36)22-17-32(3)23-12-7-6-10-19(22)23/h6-7,9-12,14,16-18,28H,4-5,8,13,15,31H2,1-3H3. The molecule has 2 aromatic heterocycles. The van der Waals surface area contributed by atoms with Crippen molar-refractivity contribution in [3.05, 3.63) is 71.6 Å². The van der Waals surface area contributed by atoms with E-state index in [1.807, 2.05) is 42.1 Å². The molecule has 0 bridgehead atoms. The number of nitrogens with two attached hydrogens (primary N) is 1. The molecule has 6 rings (SSSR count). The molecule has 0 fully saturated rings. The molecular formula is C30H32N4O2. The first-order valence-electron chi connectivity index (χ1n) is 12.9. The van der Waals surface area contributed by atoms with Crippen molar-refractivity contribution in [1.29, 1.82) is 0 Å². The molecule has 0 radical (unpaired) electrons. The zero-order chi connectivity index (χ0) is 25.1. The fraction of sp³-hybridized carbons (Fsp3) is 0.333. The summed E-state index contributed by atoms with van der Waals surface area (Å²) in [6.45, 7) is 5.10. The van der Waals surface area contributed by atoms with Crippen LogP contribution in [0.2, 0.25) is 0 Å². The van der Waals surface area contributed by atoms with Crippen molar-refractivity contribution in [3.8, 4) is 0 Å². The average molecular weight is 481 g/mol. The predicted octanol–water partition coefficient (Wildman–Crippen LogP) is 5.47. The quantitative estimate of drug-likeness (QED) is 0.394. The Hall–Kier alpha value is -3.64. The zero-order valence-corrected chi connectivity index (χ0v) is 21.1. The van der Waals surface area contributed by atoms with Crippen LogP contribution in [-0.4, -0.2) is 20.9 Å². The minimum atomic E-state index is -0.282. The van der Waals surface area contributed by atoms with Gasteiger partial charge in [-0.1, -0.05) is 50.6 Å². The van der Waals surface area contributed by atoms with Gasteiger partial charge in [0.15, 0.2) is 0 Å². The van der Waals surface area contributed by atoms with Crippen molar-refractivity contribution in [2.24, 2.45) is 18.7 Å². The van der Waals surface area contributed by atoms with Gasteiger partial charge in [-0.15, -0.1) is 0 Å². The number of hydrogen-bond acceptors (Lipinski definition) is 3. The van der Waals surface area contributed by atoms with Crippen LogP contribution in [0.4, 0.5) is 5.69 Å². The third kappa shape index (κ3) is 3.28. The van der Waals surface area contributed by atoms with Crippen LogP contribution >= 0.6 is 0 Å². The largest absolute Gasteiger partial charge is 0.350 e. The highest BCUT2D eigenvalue weighted by molar-refractivity contribution is 6.45. The van der Waals surface area contributed by atoms with E-state index in [0.29, 0.717) is 5.57 Å². The van der Waals surface area contributed by atoms with Gasteiger partial charge in [-0.05, 0) is 42.9 Å². The van der Waals surface area contributed by atoms with Crippen LogP contribution in [0.15, 0.2) is 54.7 Å². The third-order valence-electron chi connectivity index (χ3n) is 7.91. The molecule has 184 valence electrons. The number of nitrogens with zero attached hydrogens (tertiary/aromatic N) is 3. The summed E-state index contributed by atoms with van der Waals surface area (Å²) in [6.07, 6.45) is 7.55. The van der Waals surface area contributed by atoms with Gasteiger partial charge in [0.05, 0.1) is 16.8 Å². The number of benzene rings is 2. The molecular weight excluding hydrogens is 448 g/mol. The van der Waals surface area contributed by atoms with E-state index < -0.39 is 0 Å². The first-order chi connectivity index (χ1) is 17.4. The molecule has 36 heavy (non-hydrogen) atoms. The maximum absolute atomic E-state index is 14.1. The molecule has 6 nitrogen and oxygen atoms in total. The highest BCUT2D eigenvalue weighted by Gasteiger charge is 2.39. The number of aryl methyl sites for hydroxylation is 2. The Kier molecular flexibility index (Phi) is 5.38. The molecule has 0 aliphatic carbocycles. The van der Waals surface area contributed by atoms with E-state index in [0.717, 1.165) is 76.5 Å². The lowest BCUT2D eigenvalue weighted by atomic mass is 9.93. The van der Waals surface area contributed by atoms with Crippen LogP contribution in [0.5, 0.6) is 0 Å². The number of anilines is 1. The summed E-state index contributed by atoms with van der Waals surface area (Å²) in [5, 5.41) is 1.92. The van der Waals surface area contributed by atoms with E-state index in [1.54, 1.807) is 0 Å². The molecule has 1 unspecified atom stereocenters. The molecule has 1 atom stereocenters. The van der Waals surface area contributed by atoms with Gasteiger partial charge in [-0.3, -0.25) is 9.59 Å². The number of aromatic nitrogens is 2. The normalized spacial score (nSPS) is 17.2. The topological polar surface area (TPSA) is 73.3 Å². The van der Waals surface area contributed by atoms with Gasteiger partial charge < -0.3 is 14.9 Å². The number of amides is 2. The molecule has 4 heterocycles. The fourth-order valence-electron chi connectivity index (χ4n) is 6.01. The fourth-order valence-corrected chi connectivity index (χ4v) is 6.01. The van der Waals surface area contributed by atoms with E-state index in [2.05, 4.69) is 36.6 Å². The van der Waals surface area contributed by atoms with Crippen molar-refractivity contribution in [2.75, 3.05) is 4.90 Å². The van der Waals surface area contributed by atoms with Crippen molar-refractivity contribution >= 4 is 44.9 Å². The Labute approximate surface area is 211 Å². The van der Waals surface area contributed by atoms with Crippen LogP contribution in [0.1, 0.15) is 56.0 Å². The first kappa shape index (κ1) is 22.8. The number of carbonyl (C=O) groups is 2. The number of carbonyl (C=O) groups excluding carboxylic acids is 2. The Morgan fingerprint density at radius 1 is 0.944 bits per heavy atom. The van der Waals surface area contributed by atoms with Gasteiger partial charge in [-0.2, -0.15) is 0 Å². The SMILES string of the molecule is CC(C)C(N)c1cccc2c1c(N1C(=O)C=C(c3cn(C)c4ccccc34)C1=O)c1n2CCCCC1. The summed E-state index contributed by atoms with van der Waals surface area (Å²) in [6, 6.07) is 14.0. The number of fused-ring (bicyclic) bond motifs is 4. The smallest absolute Gasteiger partial charge is 0.266 e. The Morgan fingerprint density at radius 2 is 1.72 bits per heavy atom. The van der Waals surface area contributed by atoms with E-state index in [1.165, 1.54) is 11.0 Å². The second kappa shape index (κ2) is 8.49. The number of imide groups is 1. The van der Waals surface area contributed by atoms with E-state index in [4.69, 9.17) is 5.73 Å². The number of hydrogen-bond donors (Lipinski definition) is 1. The molecule has 0 spiro atoms. The highest BCUT2D eigenvalue weighted by Crippen LogP contribution is 2.44. The first-order valence-corrected chi connectivity index (χ1v) is 12.9. The molecule has 0 saturated carbocycles. The van der Waals surface area contributed by atoms with Crippen LogP contribution in [-0.2, 0) is 29.6 Å². The number of para-hydroxylation sites is 1. The summed E-state index contributed by atoms with van der Waals surface area (Å²) >= 11 is 0. The summed E-state index contributed by atoms with van der Waals surface area (Å²) in [5.41, 5.74) is 12.8. The Bertz CT molecular complexity index is 1570. The molecule has 2 amide bonds. The zero-order valence-electron chi connectivity index (χ0n) is 21.1. The van der Waals surface area contributed by atoms with Crippen molar-refractivity contribution in [3.63, 3.8) is 0 Å². The maximum Gasteiger partial charge on any atom is 0.266 e. The summed E-state index contributed by atoms with van der Waals surface area (Å²) < 4.78 is 4.33. The maximum atomic E-state index is 14.1. The summed E-state index contributed by atoms with van der Waals surface area (Å²) in [5.74, 6) is -0.322. The summed E-state index contributed by atoms with van der Waals surface area (Å²) in [4.78, 5) is 29.1. The van der Waals surface area contributed by atoms with Gasteiger partial charge in [0.2, 0.25) is 0 Å². The minimum Gasteiger partial charge on any atom is -0.350 e.